The van der Waals surface area contributed by atoms with Gasteiger partial charge in [0.05, 0.1) is 19.8 Å². The molecule has 0 bridgehead atoms. The zero-order chi connectivity index (χ0) is 19.7. The van der Waals surface area contributed by atoms with E-state index >= 15 is 0 Å². The first-order valence-electron chi connectivity index (χ1n) is 10.2. The molecule has 4 atom stereocenters. The van der Waals surface area contributed by atoms with Gasteiger partial charge in [-0.1, -0.05) is 60.7 Å². The van der Waals surface area contributed by atoms with Crippen molar-refractivity contribution in [2.45, 2.75) is 42.7 Å². The van der Waals surface area contributed by atoms with Gasteiger partial charge in [0.2, 0.25) is 5.79 Å². The molecule has 2 aromatic carbocycles. The molecule has 6 nitrogen and oxygen atoms in total. The largest absolute Gasteiger partial charge is 0.385 e. The highest BCUT2D eigenvalue weighted by Crippen LogP contribution is 2.42. The van der Waals surface area contributed by atoms with Gasteiger partial charge in [0, 0.05) is 12.8 Å². The van der Waals surface area contributed by atoms with E-state index in [1.807, 2.05) is 36.4 Å². The molecule has 2 aromatic rings. The Balaban J connectivity index is 1.43. The van der Waals surface area contributed by atoms with E-state index in [1.54, 1.807) is 0 Å². The molecule has 0 saturated carbocycles. The molecule has 3 fully saturated rings. The summed E-state index contributed by atoms with van der Waals surface area (Å²) in [7, 11) is 0. The van der Waals surface area contributed by atoms with Crippen LogP contribution in [0.5, 0.6) is 0 Å². The fourth-order valence-electron chi connectivity index (χ4n) is 4.48. The molecular formula is C23H26O6. The first kappa shape index (κ1) is 19.2. The van der Waals surface area contributed by atoms with E-state index < -0.39 is 23.8 Å². The number of rotatable bonds is 4. The zero-order valence-corrected chi connectivity index (χ0v) is 16.2. The molecule has 4 unspecified atom stereocenters. The van der Waals surface area contributed by atoms with Gasteiger partial charge in [-0.3, -0.25) is 0 Å². The predicted molar refractivity (Wildman–Crippen MR) is 104 cm³/mol. The minimum absolute atomic E-state index is 0.186. The Morgan fingerprint density at radius 2 is 1.48 bits per heavy atom. The third-order valence-electron chi connectivity index (χ3n) is 5.85. The van der Waals surface area contributed by atoms with Crippen LogP contribution in [-0.2, 0) is 36.5 Å². The van der Waals surface area contributed by atoms with E-state index in [0.29, 0.717) is 26.1 Å². The van der Waals surface area contributed by atoms with Gasteiger partial charge in [-0.15, -0.1) is 0 Å². The average Bonchev–Trinajstić information content (AvgIpc) is 3.12. The molecule has 1 spiro atoms. The monoisotopic (exact) mass is 398 g/mol. The SMILES string of the molecule is OC1C2OC(Cc3ccccc3)(Cc3ccccc3)OC2COC12COCCO2. The lowest BCUT2D eigenvalue weighted by molar-refractivity contribution is -0.361. The number of hydrogen-bond acceptors (Lipinski definition) is 6. The van der Waals surface area contributed by atoms with Gasteiger partial charge in [-0.2, -0.15) is 0 Å². The average molecular weight is 398 g/mol. The second kappa shape index (κ2) is 7.80. The number of hydrogen-bond donors (Lipinski definition) is 1. The molecule has 6 heteroatoms. The summed E-state index contributed by atoms with van der Waals surface area (Å²) in [6.45, 7) is 1.35. The van der Waals surface area contributed by atoms with Crippen LogP contribution in [0.1, 0.15) is 11.1 Å². The normalized spacial score (nSPS) is 33.5. The maximum atomic E-state index is 11.1. The van der Waals surface area contributed by atoms with Gasteiger partial charge in [-0.05, 0) is 11.1 Å². The summed E-state index contributed by atoms with van der Waals surface area (Å²) in [4.78, 5) is 0. The van der Waals surface area contributed by atoms with Crippen LogP contribution in [0.3, 0.4) is 0 Å². The van der Waals surface area contributed by atoms with Crippen LogP contribution in [0.4, 0.5) is 0 Å². The molecule has 0 radical (unpaired) electrons. The number of fused-ring (bicyclic) bond motifs is 1. The van der Waals surface area contributed by atoms with Crippen molar-refractivity contribution in [2.75, 3.05) is 26.4 Å². The van der Waals surface area contributed by atoms with Crippen LogP contribution >= 0.6 is 0 Å². The highest BCUT2D eigenvalue weighted by Gasteiger charge is 2.60. The van der Waals surface area contributed by atoms with Crippen LogP contribution in [0.25, 0.3) is 0 Å². The van der Waals surface area contributed by atoms with Crippen molar-refractivity contribution in [2.24, 2.45) is 0 Å². The van der Waals surface area contributed by atoms with E-state index in [0.717, 1.165) is 11.1 Å². The number of aliphatic hydroxyl groups is 1. The Kier molecular flexibility index (Phi) is 5.16. The van der Waals surface area contributed by atoms with Crippen LogP contribution < -0.4 is 0 Å². The van der Waals surface area contributed by atoms with Crippen molar-refractivity contribution in [3.63, 3.8) is 0 Å². The van der Waals surface area contributed by atoms with Gasteiger partial charge in [0.15, 0.2) is 5.79 Å². The Labute approximate surface area is 170 Å². The smallest absolute Gasteiger partial charge is 0.221 e. The molecule has 3 saturated heterocycles. The van der Waals surface area contributed by atoms with Gasteiger partial charge >= 0.3 is 0 Å². The van der Waals surface area contributed by atoms with Crippen LogP contribution in [0.15, 0.2) is 60.7 Å². The first-order chi connectivity index (χ1) is 14.2. The van der Waals surface area contributed by atoms with Crippen molar-refractivity contribution in [1.82, 2.24) is 0 Å². The van der Waals surface area contributed by atoms with Crippen molar-refractivity contribution >= 4 is 0 Å². The van der Waals surface area contributed by atoms with Gasteiger partial charge in [0.1, 0.15) is 24.9 Å². The highest BCUT2D eigenvalue weighted by atomic mass is 16.8. The molecule has 3 heterocycles. The fourth-order valence-corrected chi connectivity index (χ4v) is 4.48. The third kappa shape index (κ3) is 3.72. The first-order valence-corrected chi connectivity index (χ1v) is 10.2. The summed E-state index contributed by atoms with van der Waals surface area (Å²) in [5, 5.41) is 11.1. The van der Waals surface area contributed by atoms with Crippen molar-refractivity contribution in [3.8, 4) is 0 Å². The summed E-state index contributed by atoms with van der Waals surface area (Å²) < 4.78 is 30.2. The quantitative estimate of drug-likeness (QED) is 0.851. The molecule has 0 amide bonds. The second-order valence-corrected chi connectivity index (χ2v) is 7.94. The standard InChI is InChI=1S/C23H26O6/c24-21-20-19(15-27-23(21)16-25-11-12-26-23)28-22(29-20,13-17-7-3-1-4-8-17)14-18-9-5-2-6-10-18/h1-10,19-21,24H,11-16H2. The summed E-state index contributed by atoms with van der Waals surface area (Å²) in [6.07, 6.45) is -0.749. The maximum Gasteiger partial charge on any atom is 0.221 e. The second-order valence-electron chi connectivity index (χ2n) is 7.94. The molecular weight excluding hydrogens is 372 g/mol. The molecule has 0 aromatic heterocycles. The van der Waals surface area contributed by atoms with E-state index in [4.69, 9.17) is 23.7 Å². The number of aliphatic hydroxyl groups excluding tert-OH is 1. The minimum atomic E-state index is -1.18. The summed E-state index contributed by atoms with van der Waals surface area (Å²) in [5.74, 6) is -2.07. The maximum absolute atomic E-state index is 11.1. The van der Waals surface area contributed by atoms with Crippen LogP contribution in [0.2, 0.25) is 0 Å². The van der Waals surface area contributed by atoms with Crippen LogP contribution in [-0.4, -0.2) is 61.4 Å². The van der Waals surface area contributed by atoms with Crippen LogP contribution in [0, 0.1) is 0 Å². The van der Waals surface area contributed by atoms with Gasteiger partial charge in [-0.25, -0.2) is 0 Å². The minimum Gasteiger partial charge on any atom is -0.385 e. The third-order valence-corrected chi connectivity index (χ3v) is 5.85. The Morgan fingerprint density at radius 3 is 2.07 bits per heavy atom. The van der Waals surface area contributed by atoms with Gasteiger partial charge in [0.25, 0.3) is 0 Å². The van der Waals surface area contributed by atoms with E-state index in [1.165, 1.54) is 0 Å². The van der Waals surface area contributed by atoms with E-state index in [2.05, 4.69) is 24.3 Å². The molecule has 3 aliphatic heterocycles. The Morgan fingerprint density at radius 1 is 0.828 bits per heavy atom. The summed E-state index contributed by atoms with van der Waals surface area (Å²) in [6, 6.07) is 20.3. The topological polar surface area (TPSA) is 66.4 Å². The lowest BCUT2D eigenvalue weighted by Gasteiger charge is -2.45. The fraction of sp³-hybridized carbons (Fsp3) is 0.478. The predicted octanol–water partition coefficient (Wildman–Crippen LogP) is 2.09. The lowest BCUT2D eigenvalue weighted by atomic mass is 9.96. The number of ether oxygens (including phenoxy) is 5. The molecule has 3 aliphatic rings. The summed E-state index contributed by atoms with van der Waals surface area (Å²) >= 11 is 0. The number of benzene rings is 2. The Bertz CT molecular complexity index is 763. The lowest BCUT2D eigenvalue weighted by Crippen LogP contribution is -2.64. The van der Waals surface area contributed by atoms with Crippen molar-refractivity contribution in [1.29, 1.82) is 0 Å². The van der Waals surface area contributed by atoms with E-state index in [-0.39, 0.29) is 19.3 Å². The molecule has 1 N–H and O–H groups in total. The zero-order valence-electron chi connectivity index (χ0n) is 16.2. The molecule has 29 heavy (non-hydrogen) atoms. The molecule has 154 valence electrons. The van der Waals surface area contributed by atoms with Crippen molar-refractivity contribution < 1.29 is 28.8 Å². The Hall–Kier alpha value is -1.80. The molecule has 5 rings (SSSR count). The molecule has 0 aliphatic carbocycles. The van der Waals surface area contributed by atoms with Gasteiger partial charge < -0.3 is 28.8 Å². The summed E-state index contributed by atoms with van der Waals surface area (Å²) in [5.41, 5.74) is 2.23. The van der Waals surface area contributed by atoms with Crippen molar-refractivity contribution in [3.05, 3.63) is 71.8 Å². The highest BCUT2D eigenvalue weighted by molar-refractivity contribution is 5.21. The van der Waals surface area contributed by atoms with E-state index in [9.17, 15) is 5.11 Å².